The third-order valence-corrected chi connectivity index (χ3v) is 4.84. The molecule has 4 heterocycles. The number of carbonyl (C=O) groups excluding carboxylic acids is 1. The SMILES string of the molecule is O=C(NC1C[C@H]2COC[C@@H](C1)N2)c1cn(CC(F)F)c2ncc(F)cc12. The Hall–Kier alpha value is -2.13. The fourth-order valence-corrected chi connectivity index (χ4v) is 3.83. The van der Waals surface area contributed by atoms with Crippen molar-refractivity contribution >= 4 is 16.9 Å². The van der Waals surface area contributed by atoms with Gasteiger partial charge < -0.3 is 19.9 Å². The molecule has 0 saturated carbocycles. The van der Waals surface area contributed by atoms with E-state index >= 15 is 0 Å². The van der Waals surface area contributed by atoms with E-state index in [0.29, 0.717) is 13.2 Å². The molecule has 140 valence electrons. The molecule has 1 amide bonds. The number of carbonyl (C=O) groups is 1. The van der Waals surface area contributed by atoms with Gasteiger partial charge >= 0.3 is 0 Å². The summed E-state index contributed by atoms with van der Waals surface area (Å²) < 4.78 is 45.9. The molecule has 0 aliphatic carbocycles. The highest BCUT2D eigenvalue weighted by molar-refractivity contribution is 6.06. The second-order valence-electron chi connectivity index (χ2n) is 6.85. The van der Waals surface area contributed by atoms with Crippen molar-refractivity contribution in [1.82, 2.24) is 20.2 Å². The van der Waals surface area contributed by atoms with E-state index in [9.17, 15) is 18.0 Å². The van der Waals surface area contributed by atoms with Crippen molar-refractivity contribution in [3.8, 4) is 0 Å². The van der Waals surface area contributed by atoms with E-state index in [4.69, 9.17) is 4.74 Å². The molecule has 9 heteroatoms. The van der Waals surface area contributed by atoms with E-state index in [0.717, 1.165) is 25.1 Å². The summed E-state index contributed by atoms with van der Waals surface area (Å²) in [5.74, 6) is -1.02. The van der Waals surface area contributed by atoms with Gasteiger partial charge in [-0.15, -0.1) is 0 Å². The fourth-order valence-electron chi connectivity index (χ4n) is 3.83. The van der Waals surface area contributed by atoms with Crippen LogP contribution in [0.3, 0.4) is 0 Å². The molecular formula is C17H19F3N4O2. The maximum Gasteiger partial charge on any atom is 0.256 e. The lowest BCUT2D eigenvalue weighted by molar-refractivity contribution is 0.0148. The molecule has 0 spiro atoms. The molecule has 2 fully saturated rings. The van der Waals surface area contributed by atoms with Crippen LogP contribution in [-0.2, 0) is 11.3 Å². The first-order chi connectivity index (χ1) is 12.5. The van der Waals surface area contributed by atoms with Crippen LogP contribution in [0.5, 0.6) is 0 Å². The smallest absolute Gasteiger partial charge is 0.256 e. The standard InChI is InChI=1S/C17H19F3N4O2/c18-9-1-13-14(5-24(6-15(19)20)16(13)21-4-9)17(25)23-10-2-11-7-26-8-12(3-10)22-11/h1,4-5,10-12,15,22H,2-3,6-8H2,(H,23,25)/t10?,11-,12+. The number of ether oxygens (including phenoxy) is 1. The van der Waals surface area contributed by atoms with Crippen molar-refractivity contribution in [3.63, 3.8) is 0 Å². The van der Waals surface area contributed by atoms with Gasteiger partial charge in [-0.3, -0.25) is 4.79 Å². The first-order valence-electron chi connectivity index (χ1n) is 8.57. The number of rotatable bonds is 4. The lowest BCUT2D eigenvalue weighted by atomic mass is 9.92. The van der Waals surface area contributed by atoms with Crippen molar-refractivity contribution in [2.45, 2.75) is 43.9 Å². The molecule has 2 saturated heterocycles. The Labute approximate surface area is 147 Å². The molecule has 2 N–H and O–H groups in total. The predicted octanol–water partition coefficient (Wildman–Crippen LogP) is 1.69. The minimum Gasteiger partial charge on any atom is -0.378 e. The molecule has 2 aliphatic heterocycles. The molecule has 2 bridgehead atoms. The number of pyridine rings is 1. The fraction of sp³-hybridized carbons (Fsp3) is 0.529. The van der Waals surface area contributed by atoms with Gasteiger partial charge in [-0.05, 0) is 18.9 Å². The van der Waals surface area contributed by atoms with Gasteiger partial charge in [0.25, 0.3) is 12.3 Å². The minimum absolute atomic E-state index is 0.0438. The summed E-state index contributed by atoms with van der Waals surface area (Å²) in [5, 5.41) is 6.63. The lowest BCUT2D eigenvalue weighted by Crippen LogP contribution is -2.58. The number of alkyl halides is 2. The molecule has 4 rings (SSSR count). The van der Waals surface area contributed by atoms with Crippen LogP contribution in [0.2, 0.25) is 0 Å². The molecule has 3 atom stereocenters. The van der Waals surface area contributed by atoms with Crippen LogP contribution in [-0.4, -0.2) is 53.2 Å². The summed E-state index contributed by atoms with van der Waals surface area (Å²) in [6.07, 6.45) is 1.13. The summed E-state index contributed by atoms with van der Waals surface area (Å²) in [7, 11) is 0. The zero-order chi connectivity index (χ0) is 18.3. The van der Waals surface area contributed by atoms with E-state index in [-0.39, 0.29) is 34.7 Å². The van der Waals surface area contributed by atoms with Crippen molar-refractivity contribution in [2.75, 3.05) is 13.2 Å². The quantitative estimate of drug-likeness (QED) is 0.862. The maximum atomic E-state index is 13.6. The molecule has 2 aromatic heterocycles. The molecule has 0 aromatic carbocycles. The maximum absolute atomic E-state index is 13.6. The number of fused-ring (bicyclic) bond motifs is 3. The van der Waals surface area contributed by atoms with E-state index in [1.54, 1.807) is 0 Å². The van der Waals surface area contributed by atoms with E-state index in [2.05, 4.69) is 15.6 Å². The number of halogens is 3. The number of morpholine rings is 1. The third-order valence-electron chi connectivity index (χ3n) is 4.84. The topological polar surface area (TPSA) is 68.2 Å². The normalized spacial score (nSPS) is 25.6. The van der Waals surface area contributed by atoms with Gasteiger partial charge in [0.05, 0.1) is 31.5 Å². The van der Waals surface area contributed by atoms with E-state index in [1.165, 1.54) is 10.8 Å². The van der Waals surface area contributed by atoms with Crippen LogP contribution in [0, 0.1) is 5.82 Å². The van der Waals surface area contributed by atoms with Crippen LogP contribution in [0.4, 0.5) is 13.2 Å². The Morgan fingerprint density at radius 1 is 1.38 bits per heavy atom. The third kappa shape index (κ3) is 3.41. The molecule has 2 aromatic rings. The van der Waals surface area contributed by atoms with Crippen LogP contribution >= 0.6 is 0 Å². The van der Waals surface area contributed by atoms with Gasteiger partial charge in [0.15, 0.2) is 0 Å². The van der Waals surface area contributed by atoms with Crippen LogP contribution < -0.4 is 10.6 Å². The number of aromatic nitrogens is 2. The summed E-state index contributed by atoms with van der Waals surface area (Å²) in [6.45, 7) is 0.606. The molecule has 1 unspecified atom stereocenters. The Bertz CT molecular complexity index is 814. The van der Waals surface area contributed by atoms with Gasteiger partial charge in [-0.1, -0.05) is 0 Å². The highest BCUT2D eigenvalue weighted by Gasteiger charge is 2.33. The van der Waals surface area contributed by atoms with Crippen LogP contribution in [0.15, 0.2) is 18.5 Å². The average Bonchev–Trinajstić information content (AvgIpc) is 2.91. The van der Waals surface area contributed by atoms with Crippen LogP contribution in [0.1, 0.15) is 23.2 Å². The van der Waals surface area contributed by atoms with E-state index < -0.39 is 24.7 Å². The molecule has 2 aliphatic rings. The van der Waals surface area contributed by atoms with Gasteiger partial charge in [-0.2, -0.15) is 0 Å². The first-order valence-corrected chi connectivity index (χ1v) is 8.57. The summed E-state index contributed by atoms with van der Waals surface area (Å²) >= 11 is 0. The molecular weight excluding hydrogens is 349 g/mol. The Balaban J connectivity index is 1.59. The summed E-state index contributed by atoms with van der Waals surface area (Å²) in [6, 6.07) is 1.49. The number of nitrogens with one attached hydrogen (secondary N) is 2. The zero-order valence-corrected chi connectivity index (χ0v) is 13.9. The predicted molar refractivity (Wildman–Crippen MR) is 87.7 cm³/mol. The first kappa shape index (κ1) is 17.3. The van der Waals surface area contributed by atoms with Crippen molar-refractivity contribution in [3.05, 3.63) is 29.8 Å². The number of nitrogens with zero attached hydrogens (tertiary/aromatic N) is 2. The number of piperidine rings is 1. The second-order valence-corrected chi connectivity index (χ2v) is 6.85. The Morgan fingerprint density at radius 3 is 2.81 bits per heavy atom. The van der Waals surface area contributed by atoms with Crippen molar-refractivity contribution in [1.29, 1.82) is 0 Å². The van der Waals surface area contributed by atoms with Gasteiger partial charge in [-0.25, -0.2) is 18.2 Å². The van der Waals surface area contributed by atoms with Gasteiger partial charge in [0.1, 0.15) is 11.5 Å². The molecule has 6 nitrogen and oxygen atoms in total. The van der Waals surface area contributed by atoms with Crippen molar-refractivity contribution < 1.29 is 22.7 Å². The summed E-state index contributed by atoms with van der Waals surface area (Å²) in [5.41, 5.74) is 0.333. The van der Waals surface area contributed by atoms with Crippen LogP contribution in [0.25, 0.3) is 11.0 Å². The van der Waals surface area contributed by atoms with Gasteiger partial charge in [0.2, 0.25) is 0 Å². The second kappa shape index (κ2) is 6.88. The van der Waals surface area contributed by atoms with Gasteiger partial charge in [0, 0.05) is 29.7 Å². The molecule has 26 heavy (non-hydrogen) atoms. The van der Waals surface area contributed by atoms with Crippen molar-refractivity contribution in [2.24, 2.45) is 0 Å². The summed E-state index contributed by atoms with van der Waals surface area (Å²) in [4.78, 5) is 16.6. The Kier molecular flexibility index (Phi) is 4.58. The number of hydrogen-bond acceptors (Lipinski definition) is 4. The zero-order valence-electron chi connectivity index (χ0n) is 13.9. The highest BCUT2D eigenvalue weighted by Crippen LogP contribution is 2.23. The highest BCUT2D eigenvalue weighted by atomic mass is 19.3. The number of amides is 1. The largest absolute Gasteiger partial charge is 0.378 e. The van der Waals surface area contributed by atoms with E-state index in [1.807, 2.05) is 0 Å². The minimum atomic E-state index is -2.60. The average molecular weight is 368 g/mol. The molecule has 0 radical (unpaired) electrons. The Morgan fingerprint density at radius 2 is 2.12 bits per heavy atom. The monoisotopic (exact) mass is 368 g/mol. The lowest BCUT2D eigenvalue weighted by Gasteiger charge is -2.40. The number of hydrogen-bond donors (Lipinski definition) is 2.